The Morgan fingerprint density at radius 3 is 3.17 bits per heavy atom. The van der Waals surface area contributed by atoms with Gasteiger partial charge in [-0.2, -0.15) is 0 Å². The highest BCUT2D eigenvalue weighted by Gasteiger charge is 2.21. The summed E-state index contributed by atoms with van der Waals surface area (Å²) in [6.45, 7) is 5.64. The summed E-state index contributed by atoms with van der Waals surface area (Å²) in [5.41, 5.74) is 2.76. The third-order valence-electron chi connectivity index (χ3n) is 4.98. The van der Waals surface area contributed by atoms with E-state index in [1.54, 1.807) is 4.88 Å². The van der Waals surface area contributed by atoms with Crippen LogP contribution in [0.15, 0.2) is 29.8 Å². The number of hydrogen-bond donors (Lipinski definition) is 1. The van der Waals surface area contributed by atoms with Crippen molar-refractivity contribution in [2.24, 2.45) is 0 Å². The van der Waals surface area contributed by atoms with Crippen molar-refractivity contribution < 1.29 is 4.74 Å². The minimum atomic E-state index is 0.285. The molecule has 0 amide bonds. The Balaban J connectivity index is 1.36. The number of rotatable bonds is 4. The highest BCUT2D eigenvalue weighted by Crippen LogP contribution is 2.33. The van der Waals surface area contributed by atoms with Crippen LogP contribution in [0.1, 0.15) is 41.8 Å². The van der Waals surface area contributed by atoms with Gasteiger partial charge in [0.1, 0.15) is 5.82 Å². The molecule has 1 fully saturated rings. The van der Waals surface area contributed by atoms with Gasteiger partial charge < -0.3 is 15.0 Å². The molecule has 0 unspecified atom stereocenters. The zero-order chi connectivity index (χ0) is 16.4. The number of aromatic nitrogens is 1. The molecule has 0 aromatic carbocycles. The van der Waals surface area contributed by atoms with Gasteiger partial charge in [-0.25, -0.2) is 4.98 Å². The van der Waals surface area contributed by atoms with Crippen LogP contribution in [0.3, 0.4) is 0 Å². The van der Waals surface area contributed by atoms with E-state index in [0.29, 0.717) is 6.04 Å². The fraction of sp³-hybridized carbons (Fsp3) is 0.526. The van der Waals surface area contributed by atoms with Crippen molar-refractivity contribution in [3.8, 4) is 0 Å². The summed E-state index contributed by atoms with van der Waals surface area (Å²) < 4.78 is 5.60. The number of morpholine rings is 1. The standard InChI is InChI=1S/C19H25N3OS/c1-14-13-22(8-9-23-14)19-6-5-15(12-21-19)11-20-17-3-2-4-18-16(17)7-10-24-18/h5-7,10,12,14,17,20H,2-4,8-9,11,13H2,1H3/t14-,17-/m1/s1. The number of nitrogens with one attached hydrogen (secondary N) is 1. The normalized spacial score (nSPS) is 24.0. The predicted octanol–water partition coefficient (Wildman–Crippen LogP) is 3.54. The number of fused-ring (bicyclic) bond motifs is 1. The van der Waals surface area contributed by atoms with E-state index in [0.717, 1.165) is 32.1 Å². The molecule has 1 aliphatic carbocycles. The minimum absolute atomic E-state index is 0.285. The van der Waals surface area contributed by atoms with Gasteiger partial charge in [-0.15, -0.1) is 11.3 Å². The summed E-state index contributed by atoms with van der Waals surface area (Å²) in [6, 6.07) is 7.14. The second-order valence-electron chi connectivity index (χ2n) is 6.78. The molecular weight excluding hydrogens is 318 g/mol. The summed E-state index contributed by atoms with van der Waals surface area (Å²) in [6.07, 6.45) is 6.07. The summed E-state index contributed by atoms with van der Waals surface area (Å²) in [7, 11) is 0. The molecular formula is C19H25N3OS. The molecule has 2 atom stereocenters. The van der Waals surface area contributed by atoms with Crippen LogP contribution >= 0.6 is 11.3 Å². The first-order valence-corrected chi connectivity index (χ1v) is 9.78. The van der Waals surface area contributed by atoms with Gasteiger partial charge in [0.15, 0.2) is 0 Å². The predicted molar refractivity (Wildman–Crippen MR) is 98.7 cm³/mol. The maximum absolute atomic E-state index is 5.60. The average Bonchev–Trinajstić information content (AvgIpc) is 3.10. The Hall–Kier alpha value is -1.43. The highest BCUT2D eigenvalue weighted by molar-refractivity contribution is 7.10. The topological polar surface area (TPSA) is 37.4 Å². The number of ether oxygens (including phenoxy) is 1. The van der Waals surface area contributed by atoms with Gasteiger partial charge in [-0.1, -0.05) is 6.07 Å². The van der Waals surface area contributed by atoms with Gasteiger partial charge in [0.2, 0.25) is 0 Å². The smallest absolute Gasteiger partial charge is 0.128 e. The third kappa shape index (κ3) is 3.48. The van der Waals surface area contributed by atoms with Crippen LogP contribution < -0.4 is 10.2 Å². The number of nitrogens with zero attached hydrogens (tertiary/aromatic N) is 2. The Labute approximate surface area is 147 Å². The van der Waals surface area contributed by atoms with E-state index in [9.17, 15) is 0 Å². The number of hydrogen-bond acceptors (Lipinski definition) is 5. The number of thiophene rings is 1. The van der Waals surface area contributed by atoms with Crippen molar-refractivity contribution in [1.82, 2.24) is 10.3 Å². The van der Waals surface area contributed by atoms with Crippen LogP contribution in [0, 0.1) is 0 Å². The van der Waals surface area contributed by atoms with Crippen molar-refractivity contribution in [3.05, 3.63) is 45.8 Å². The van der Waals surface area contributed by atoms with E-state index in [1.165, 1.54) is 30.4 Å². The van der Waals surface area contributed by atoms with Crippen molar-refractivity contribution in [2.75, 3.05) is 24.6 Å². The lowest BCUT2D eigenvalue weighted by Gasteiger charge is -2.32. The van der Waals surface area contributed by atoms with Crippen molar-refractivity contribution >= 4 is 17.2 Å². The van der Waals surface area contributed by atoms with Gasteiger partial charge in [0, 0.05) is 36.8 Å². The zero-order valence-corrected chi connectivity index (χ0v) is 15.0. The minimum Gasteiger partial charge on any atom is -0.375 e. The molecule has 3 heterocycles. The first-order valence-electron chi connectivity index (χ1n) is 8.91. The Bertz CT molecular complexity index is 670. The molecule has 0 bridgehead atoms. The molecule has 0 radical (unpaired) electrons. The van der Waals surface area contributed by atoms with Gasteiger partial charge in [-0.3, -0.25) is 0 Å². The van der Waals surface area contributed by atoms with Crippen LogP contribution in [0.2, 0.25) is 0 Å². The van der Waals surface area contributed by atoms with E-state index < -0.39 is 0 Å². The van der Waals surface area contributed by atoms with Crippen LogP contribution in [0.4, 0.5) is 5.82 Å². The molecule has 4 rings (SSSR count). The van der Waals surface area contributed by atoms with E-state index in [4.69, 9.17) is 4.74 Å². The van der Waals surface area contributed by atoms with E-state index in [2.05, 4.69) is 45.7 Å². The number of pyridine rings is 1. The van der Waals surface area contributed by atoms with Crippen LogP contribution in [-0.2, 0) is 17.7 Å². The monoisotopic (exact) mass is 343 g/mol. The van der Waals surface area contributed by atoms with Crippen molar-refractivity contribution in [2.45, 2.75) is 44.9 Å². The average molecular weight is 343 g/mol. The summed E-state index contributed by atoms with van der Waals surface area (Å²) in [4.78, 5) is 8.54. The van der Waals surface area contributed by atoms with Crippen LogP contribution in [0.25, 0.3) is 0 Å². The molecule has 2 aliphatic rings. The fourth-order valence-electron chi connectivity index (χ4n) is 3.67. The lowest BCUT2D eigenvalue weighted by Crippen LogP contribution is -2.41. The Morgan fingerprint density at radius 1 is 1.38 bits per heavy atom. The molecule has 24 heavy (non-hydrogen) atoms. The molecule has 1 aliphatic heterocycles. The van der Waals surface area contributed by atoms with E-state index in [-0.39, 0.29) is 6.10 Å². The molecule has 0 saturated carbocycles. The zero-order valence-electron chi connectivity index (χ0n) is 14.2. The van der Waals surface area contributed by atoms with E-state index >= 15 is 0 Å². The maximum Gasteiger partial charge on any atom is 0.128 e. The molecule has 1 N–H and O–H groups in total. The summed E-state index contributed by atoms with van der Waals surface area (Å²) in [5, 5.41) is 5.95. The molecule has 0 spiro atoms. The van der Waals surface area contributed by atoms with Gasteiger partial charge >= 0.3 is 0 Å². The number of aryl methyl sites for hydroxylation is 1. The largest absolute Gasteiger partial charge is 0.375 e. The maximum atomic E-state index is 5.60. The molecule has 4 nitrogen and oxygen atoms in total. The van der Waals surface area contributed by atoms with Crippen LogP contribution in [0.5, 0.6) is 0 Å². The van der Waals surface area contributed by atoms with Crippen LogP contribution in [-0.4, -0.2) is 30.8 Å². The first-order chi connectivity index (χ1) is 11.8. The second kappa shape index (κ2) is 7.21. The number of anilines is 1. The summed E-state index contributed by atoms with van der Waals surface area (Å²) >= 11 is 1.90. The molecule has 2 aromatic heterocycles. The second-order valence-corrected chi connectivity index (χ2v) is 7.78. The molecule has 128 valence electrons. The first kappa shape index (κ1) is 16.1. The quantitative estimate of drug-likeness (QED) is 0.921. The van der Waals surface area contributed by atoms with Gasteiger partial charge in [-0.05, 0) is 54.8 Å². The van der Waals surface area contributed by atoms with Crippen molar-refractivity contribution in [3.63, 3.8) is 0 Å². The van der Waals surface area contributed by atoms with E-state index in [1.807, 2.05) is 17.5 Å². The van der Waals surface area contributed by atoms with Gasteiger partial charge in [0.05, 0.1) is 12.7 Å². The fourth-order valence-corrected chi connectivity index (χ4v) is 4.66. The Kier molecular flexibility index (Phi) is 4.83. The molecule has 1 saturated heterocycles. The highest BCUT2D eigenvalue weighted by atomic mass is 32.1. The molecule has 5 heteroatoms. The van der Waals surface area contributed by atoms with Crippen molar-refractivity contribution in [1.29, 1.82) is 0 Å². The lowest BCUT2D eigenvalue weighted by atomic mass is 9.94. The SMILES string of the molecule is C[C@@H]1CN(c2ccc(CN[C@@H]3CCCc4sccc43)cn2)CCO1. The molecule has 2 aromatic rings. The summed E-state index contributed by atoms with van der Waals surface area (Å²) in [5.74, 6) is 1.06. The lowest BCUT2D eigenvalue weighted by molar-refractivity contribution is 0.0529. The third-order valence-corrected chi connectivity index (χ3v) is 5.98. The van der Waals surface area contributed by atoms with Gasteiger partial charge in [0.25, 0.3) is 0 Å². The Morgan fingerprint density at radius 2 is 2.33 bits per heavy atom.